The van der Waals surface area contributed by atoms with Gasteiger partial charge < -0.3 is 4.52 Å². The molecule has 0 N–H and O–H groups in total. The van der Waals surface area contributed by atoms with E-state index in [0.29, 0.717) is 29.9 Å². The highest BCUT2D eigenvalue weighted by molar-refractivity contribution is 5.56. The van der Waals surface area contributed by atoms with E-state index in [1.165, 1.54) is 25.0 Å². The van der Waals surface area contributed by atoms with E-state index in [0.717, 1.165) is 5.92 Å². The summed E-state index contributed by atoms with van der Waals surface area (Å²) in [6.45, 7) is 2.82. The molecule has 0 unspecified atom stereocenters. The van der Waals surface area contributed by atoms with Gasteiger partial charge in [0, 0.05) is 23.7 Å². The van der Waals surface area contributed by atoms with E-state index in [9.17, 15) is 10.1 Å². The summed E-state index contributed by atoms with van der Waals surface area (Å²) >= 11 is 0. The number of hydrogen-bond donors (Lipinski definition) is 0. The Bertz CT molecular complexity index is 664. The standard InChI is InChI=1S/C15H18N4O3/c1-10(11-3-4-11)18(2)9-14-16-15(17-22-14)12-5-7-13(8-6-12)19(20)21/h5-8,10-11H,3-4,9H2,1-2H3/t10-/m0/s1. The number of non-ortho nitro benzene ring substituents is 1. The maximum absolute atomic E-state index is 10.6. The first-order valence-electron chi connectivity index (χ1n) is 7.32. The Balaban J connectivity index is 1.68. The lowest BCUT2D eigenvalue weighted by atomic mass is 10.2. The molecule has 1 saturated carbocycles. The molecule has 0 bridgehead atoms. The van der Waals surface area contributed by atoms with Gasteiger partial charge in [-0.25, -0.2) is 0 Å². The molecule has 22 heavy (non-hydrogen) atoms. The van der Waals surface area contributed by atoms with Crippen LogP contribution >= 0.6 is 0 Å². The highest BCUT2D eigenvalue weighted by Crippen LogP contribution is 2.35. The third-order valence-electron chi connectivity index (χ3n) is 4.19. The molecule has 3 rings (SSSR count). The molecule has 1 fully saturated rings. The number of hydrogen-bond acceptors (Lipinski definition) is 6. The fourth-order valence-corrected chi connectivity index (χ4v) is 2.46. The summed E-state index contributed by atoms with van der Waals surface area (Å²) in [5, 5.41) is 14.6. The number of nitro benzene ring substituents is 1. The topological polar surface area (TPSA) is 85.3 Å². The second-order valence-corrected chi connectivity index (χ2v) is 5.81. The Morgan fingerprint density at radius 3 is 2.68 bits per heavy atom. The Morgan fingerprint density at radius 1 is 1.41 bits per heavy atom. The van der Waals surface area contributed by atoms with Crippen molar-refractivity contribution in [3.05, 3.63) is 40.3 Å². The second kappa shape index (κ2) is 5.84. The fraction of sp³-hybridized carbons (Fsp3) is 0.467. The monoisotopic (exact) mass is 302 g/mol. The number of aromatic nitrogens is 2. The average molecular weight is 302 g/mol. The Hall–Kier alpha value is -2.28. The summed E-state index contributed by atoms with van der Waals surface area (Å²) in [6.07, 6.45) is 2.59. The van der Waals surface area contributed by atoms with Crippen molar-refractivity contribution in [3.63, 3.8) is 0 Å². The Labute approximate surface area is 128 Å². The van der Waals surface area contributed by atoms with Crippen LogP contribution in [0.5, 0.6) is 0 Å². The highest BCUT2D eigenvalue weighted by atomic mass is 16.6. The Kier molecular flexibility index (Phi) is 3.89. The van der Waals surface area contributed by atoms with Gasteiger partial charge in [-0.3, -0.25) is 15.0 Å². The first-order valence-corrected chi connectivity index (χ1v) is 7.32. The Morgan fingerprint density at radius 2 is 2.09 bits per heavy atom. The summed E-state index contributed by atoms with van der Waals surface area (Å²) in [6, 6.07) is 6.64. The van der Waals surface area contributed by atoms with Crippen molar-refractivity contribution >= 4 is 5.69 Å². The fourth-order valence-electron chi connectivity index (χ4n) is 2.46. The van der Waals surface area contributed by atoms with Crippen LogP contribution in [-0.4, -0.2) is 33.1 Å². The molecule has 7 heteroatoms. The number of nitrogens with zero attached hydrogens (tertiary/aromatic N) is 4. The number of benzene rings is 1. The summed E-state index contributed by atoms with van der Waals surface area (Å²) < 4.78 is 5.28. The molecular formula is C15H18N4O3. The van der Waals surface area contributed by atoms with E-state index in [2.05, 4.69) is 29.0 Å². The van der Waals surface area contributed by atoms with Crippen molar-refractivity contribution in [3.8, 4) is 11.4 Å². The van der Waals surface area contributed by atoms with E-state index < -0.39 is 4.92 Å². The van der Waals surface area contributed by atoms with Crippen LogP contribution in [0, 0.1) is 16.0 Å². The predicted molar refractivity (Wildman–Crippen MR) is 80.0 cm³/mol. The van der Waals surface area contributed by atoms with Crippen LogP contribution in [0.15, 0.2) is 28.8 Å². The maximum atomic E-state index is 10.6. The van der Waals surface area contributed by atoms with Crippen molar-refractivity contribution in [2.75, 3.05) is 7.05 Å². The predicted octanol–water partition coefficient (Wildman–Crippen LogP) is 2.88. The molecule has 0 aliphatic heterocycles. The molecule has 1 atom stereocenters. The lowest BCUT2D eigenvalue weighted by Gasteiger charge is -2.22. The lowest BCUT2D eigenvalue weighted by Crippen LogP contribution is -2.30. The van der Waals surface area contributed by atoms with Gasteiger partial charge in [0.15, 0.2) is 0 Å². The van der Waals surface area contributed by atoms with Gasteiger partial charge in [0.1, 0.15) is 0 Å². The van der Waals surface area contributed by atoms with Gasteiger partial charge in [-0.05, 0) is 44.9 Å². The van der Waals surface area contributed by atoms with E-state index >= 15 is 0 Å². The number of nitro groups is 1. The highest BCUT2D eigenvalue weighted by Gasteiger charge is 2.31. The van der Waals surface area contributed by atoms with Gasteiger partial charge in [-0.2, -0.15) is 4.98 Å². The van der Waals surface area contributed by atoms with Crippen LogP contribution in [0.2, 0.25) is 0 Å². The third-order valence-corrected chi connectivity index (χ3v) is 4.19. The first kappa shape index (κ1) is 14.6. The van der Waals surface area contributed by atoms with Crippen LogP contribution in [-0.2, 0) is 6.54 Å². The van der Waals surface area contributed by atoms with Gasteiger partial charge >= 0.3 is 0 Å². The normalized spacial score (nSPS) is 16.0. The third kappa shape index (κ3) is 3.14. The molecule has 1 aromatic carbocycles. The van der Waals surface area contributed by atoms with Gasteiger partial charge in [0.2, 0.25) is 11.7 Å². The molecule has 7 nitrogen and oxygen atoms in total. The molecule has 0 spiro atoms. The minimum absolute atomic E-state index is 0.0467. The largest absolute Gasteiger partial charge is 0.338 e. The summed E-state index contributed by atoms with van der Waals surface area (Å²) in [4.78, 5) is 16.8. The molecule has 0 amide bonds. The van der Waals surface area contributed by atoms with Crippen molar-refractivity contribution in [1.82, 2.24) is 15.0 Å². The van der Waals surface area contributed by atoms with E-state index in [1.807, 2.05) is 0 Å². The summed E-state index contributed by atoms with van der Waals surface area (Å²) in [7, 11) is 2.05. The second-order valence-electron chi connectivity index (χ2n) is 5.81. The minimum atomic E-state index is -0.431. The lowest BCUT2D eigenvalue weighted by molar-refractivity contribution is -0.384. The van der Waals surface area contributed by atoms with Crippen LogP contribution in [0.3, 0.4) is 0 Å². The van der Waals surface area contributed by atoms with E-state index in [4.69, 9.17) is 4.52 Å². The summed E-state index contributed by atoms with van der Waals surface area (Å²) in [5.74, 6) is 1.79. The quantitative estimate of drug-likeness (QED) is 0.602. The van der Waals surface area contributed by atoms with Crippen LogP contribution < -0.4 is 0 Å². The van der Waals surface area contributed by atoms with Gasteiger partial charge in [-0.1, -0.05) is 5.16 Å². The van der Waals surface area contributed by atoms with Gasteiger partial charge in [-0.15, -0.1) is 0 Å². The van der Waals surface area contributed by atoms with Crippen molar-refractivity contribution in [1.29, 1.82) is 0 Å². The molecule has 1 aliphatic carbocycles. The van der Waals surface area contributed by atoms with Gasteiger partial charge in [0.25, 0.3) is 5.69 Å². The molecule has 1 heterocycles. The average Bonchev–Trinajstić information content (AvgIpc) is 3.26. The molecule has 0 radical (unpaired) electrons. The molecule has 116 valence electrons. The maximum Gasteiger partial charge on any atom is 0.269 e. The van der Waals surface area contributed by atoms with Crippen molar-refractivity contribution in [2.24, 2.45) is 5.92 Å². The molecule has 1 aliphatic rings. The zero-order valence-electron chi connectivity index (χ0n) is 12.6. The summed E-state index contributed by atoms with van der Waals surface area (Å²) in [5.41, 5.74) is 0.754. The number of rotatable bonds is 6. The molecular weight excluding hydrogens is 284 g/mol. The molecule has 1 aromatic heterocycles. The van der Waals surface area contributed by atoms with Crippen LogP contribution in [0.25, 0.3) is 11.4 Å². The zero-order valence-corrected chi connectivity index (χ0v) is 12.6. The minimum Gasteiger partial charge on any atom is -0.338 e. The molecule has 0 saturated heterocycles. The van der Waals surface area contributed by atoms with Crippen LogP contribution in [0.1, 0.15) is 25.7 Å². The first-order chi connectivity index (χ1) is 10.5. The van der Waals surface area contributed by atoms with E-state index in [1.54, 1.807) is 12.1 Å². The van der Waals surface area contributed by atoms with Gasteiger partial charge in [0.05, 0.1) is 11.5 Å². The zero-order chi connectivity index (χ0) is 15.7. The smallest absolute Gasteiger partial charge is 0.269 e. The van der Waals surface area contributed by atoms with Crippen LogP contribution in [0.4, 0.5) is 5.69 Å². The van der Waals surface area contributed by atoms with Crippen molar-refractivity contribution < 1.29 is 9.45 Å². The van der Waals surface area contributed by atoms with E-state index in [-0.39, 0.29) is 5.69 Å². The molecule has 2 aromatic rings. The SMILES string of the molecule is C[C@@H](C1CC1)N(C)Cc1nc(-c2ccc([N+](=O)[O-])cc2)no1. The van der Waals surface area contributed by atoms with Crippen molar-refractivity contribution in [2.45, 2.75) is 32.4 Å².